The Balaban J connectivity index is 1.76. The number of aromatic hydroxyl groups is 1. The summed E-state index contributed by atoms with van der Waals surface area (Å²) in [5.41, 5.74) is 9.05. The van der Waals surface area contributed by atoms with E-state index in [1.165, 1.54) is 6.92 Å². The van der Waals surface area contributed by atoms with Gasteiger partial charge in [0.1, 0.15) is 5.75 Å². The predicted molar refractivity (Wildman–Crippen MR) is 138 cm³/mol. The number of hydrogen-bond donors (Lipinski definition) is 1. The van der Waals surface area contributed by atoms with Gasteiger partial charge in [-0.25, -0.2) is 0 Å². The molecule has 0 spiro atoms. The highest BCUT2D eigenvalue weighted by atomic mass is 79.9. The smallest absolute Gasteiger partial charge is 0.302 e. The molecule has 1 heterocycles. The van der Waals surface area contributed by atoms with Crippen LogP contribution in [0.5, 0.6) is 5.75 Å². The Kier molecular flexibility index (Phi) is 5.96. The molecule has 1 atom stereocenters. The zero-order chi connectivity index (χ0) is 23.8. The molecule has 170 valence electrons. The van der Waals surface area contributed by atoms with Crippen molar-refractivity contribution in [2.24, 2.45) is 0 Å². The molecule has 4 nitrogen and oxygen atoms in total. The summed E-state index contributed by atoms with van der Waals surface area (Å²) in [6.07, 6.45) is 2.49. The van der Waals surface area contributed by atoms with Gasteiger partial charge in [0.2, 0.25) is 0 Å². The van der Waals surface area contributed by atoms with E-state index >= 15 is 0 Å². The van der Waals surface area contributed by atoms with Crippen molar-refractivity contribution in [3.8, 4) is 39.3 Å². The lowest BCUT2D eigenvalue weighted by Gasteiger charge is -2.31. The number of carbonyl (C=O) groups excluding carboxylic acids is 1. The number of esters is 1. The van der Waals surface area contributed by atoms with Gasteiger partial charge in [0.05, 0.1) is 12.3 Å². The highest BCUT2D eigenvalue weighted by Crippen LogP contribution is 2.50. The summed E-state index contributed by atoms with van der Waals surface area (Å²) in [6, 6.07) is 22.0. The lowest BCUT2D eigenvalue weighted by molar-refractivity contribution is -0.141. The van der Waals surface area contributed by atoms with E-state index in [4.69, 9.17) is 4.74 Å². The maximum absolute atomic E-state index is 11.7. The topological polar surface area (TPSA) is 59.4 Å². The summed E-state index contributed by atoms with van der Waals surface area (Å²) >= 11 is 3.51. The summed E-state index contributed by atoms with van der Waals surface area (Å²) in [5, 5.41) is 11.1. The highest BCUT2D eigenvalue weighted by Gasteiger charge is 2.32. The Hall–Kier alpha value is -3.44. The Bertz CT molecular complexity index is 1400. The molecule has 0 saturated carbocycles. The lowest BCUT2D eigenvalue weighted by Crippen LogP contribution is -2.20. The van der Waals surface area contributed by atoms with Crippen molar-refractivity contribution in [1.82, 2.24) is 4.98 Å². The molecule has 1 N–H and O–H groups in total. The second kappa shape index (κ2) is 9.07. The van der Waals surface area contributed by atoms with E-state index in [1.807, 2.05) is 36.5 Å². The number of benzene rings is 3. The first-order chi connectivity index (χ1) is 16.4. The molecule has 0 radical (unpaired) electrons. The number of aryl methyl sites for hydroxylation is 1. The van der Waals surface area contributed by atoms with Gasteiger partial charge < -0.3 is 9.84 Å². The fourth-order valence-electron chi connectivity index (χ4n) is 4.87. The number of fused-ring (bicyclic) bond motifs is 3. The van der Waals surface area contributed by atoms with Crippen molar-refractivity contribution in [2.75, 3.05) is 6.61 Å². The number of phenolic OH excluding ortho intramolecular Hbond substituents is 1. The van der Waals surface area contributed by atoms with Crippen LogP contribution in [0.25, 0.3) is 33.5 Å². The molecule has 0 amide bonds. The zero-order valence-corrected chi connectivity index (χ0v) is 20.6. The van der Waals surface area contributed by atoms with Crippen molar-refractivity contribution in [1.29, 1.82) is 0 Å². The van der Waals surface area contributed by atoms with Gasteiger partial charge in [0, 0.05) is 34.6 Å². The van der Waals surface area contributed by atoms with Gasteiger partial charge in [0.25, 0.3) is 0 Å². The van der Waals surface area contributed by atoms with Crippen LogP contribution in [0.15, 0.2) is 77.4 Å². The minimum absolute atomic E-state index is 0.108. The molecular weight excluding hydrogens is 490 g/mol. The number of carbonyl (C=O) groups is 1. The number of halogens is 1. The predicted octanol–water partition coefficient (Wildman–Crippen LogP) is 7.06. The molecule has 1 aliphatic carbocycles. The second-order valence-electron chi connectivity index (χ2n) is 8.68. The monoisotopic (exact) mass is 513 g/mol. The lowest BCUT2D eigenvalue weighted by atomic mass is 9.74. The van der Waals surface area contributed by atoms with Crippen LogP contribution >= 0.6 is 15.9 Å². The summed E-state index contributed by atoms with van der Waals surface area (Å²) in [7, 11) is 0. The molecule has 1 aliphatic rings. The van der Waals surface area contributed by atoms with E-state index in [0.29, 0.717) is 6.42 Å². The van der Waals surface area contributed by atoms with Gasteiger partial charge in [-0.3, -0.25) is 9.78 Å². The fourth-order valence-corrected chi connectivity index (χ4v) is 5.13. The molecular formula is C29H24BrNO3. The molecule has 3 aromatic carbocycles. The van der Waals surface area contributed by atoms with Gasteiger partial charge in [-0.15, -0.1) is 0 Å². The van der Waals surface area contributed by atoms with Gasteiger partial charge in [-0.2, -0.15) is 0 Å². The minimum atomic E-state index is -0.314. The molecule has 34 heavy (non-hydrogen) atoms. The maximum Gasteiger partial charge on any atom is 0.302 e. The average Bonchev–Trinajstić information content (AvgIpc) is 2.83. The van der Waals surface area contributed by atoms with Crippen LogP contribution < -0.4 is 0 Å². The van der Waals surface area contributed by atoms with Gasteiger partial charge in [-0.1, -0.05) is 52.3 Å². The molecule has 4 aromatic rings. The summed E-state index contributed by atoms with van der Waals surface area (Å²) in [6.45, 7) is 3.72. The Labute approximate surface area is 207 Å². The third-order valence-corrected chi connectivity index (χ3v) is 6.89. The number of phenols is 1. The molecule has 0 fully saturated rings. The van der Waals surface area contributed by atoms with Crippen LogP contribution in [0.2, 0.25) is 0 Å². The van der Waals surface area contributed by atoms with E-state index in [1.54, 1.807) is 6.07 Å². The van der Waals surface area contributed by atoms with Crippen LogP contribution in [0.1, 0.15) is 29.5 Å². The summed E-state index contributed by atoms with van der Waals surface area (Å²) < 4.78 is 6.53. The first kappa shape index (κ1) is 22.4. The van der Waals surface area contributed by atoms with Crippen molar-refractivity contribution in [2.45, 2.75) is 26.2 Å². The van der Waals surface area contributed by atoms with Gasteiger partial charge >= 0.3 is 5.97 Å². The molecule has 0 bridgehead atoms. The van der Waals surface area contributed by atoms with Crippen LogP contribution in [-0.4, -0.2) is 22.7 Å². The van der Waals surface area contributed by atoms with Gasteiger partial charge in [-0.05, 0) is 77.1 Å². The normalized spacial score (nSPS) is 14.3. The van der Waals surface area contributed by atoms with Crippen LogP contribution in [0.4, 0.5) is 0 Å². The quantitative estimate of drug-likeness (QED) is 0.296. The maximum atomic E-state index is 11.7. The zero-order valence-electron chi connectivity index (χ0n) is 19.0. The molecule has 1 aromatic heterocycles. The molecule has 0 saturated heterocycles. The fraction of sp³-hybridized carbons (Fsp3) is 0.172. The number of ether oxygens (including phenoxy) is 1. The number of nitrogens with zero attached hydrogens (tertiary/aromatic N) is 1. The Morgan fingerprint density at radius 3 is 2.56 bits per heavy atom. The van der Waals surface area contributed by atoms with Crippen LogP contribution in [0, 0.1) is 6.92 Å². The Morgan fingerprint density at radius 1 is 1.06 bits per heavy atom. The van der Waals surface area contributed by atoms with Gasteiger partial charge in [0.15, 0.2) is 0 Å². The average molecular weight is 514 g/mol. The largest absolute Gasteiger partial charge is 0.507 e. The van der Waals surface area contributed by atoms with Crippen molar-refractivity contribution in [3.63, 3.8) is 0 Å². The third kappa shape index (κ3) is 4.12. The highest BCUT2D eigenvalue weighted by molar-refractivity contribution is 9.10. The second-order valence-corrected chi connectivity index (χ2v) is 9.60. The molecule has 0 aliphatic heterocycles. The van der Waals surface area contributed by atoms with Crippen molar-refractivity contribution in [3.05, 3.63) is 94.1 Å². The van der Waals surface area contributed by atoms with E-state index in [2.05, 4.69) is 58.2 Å². The number of pyridine rings is 1. The third-order valence-electron chi connectivity index (χ3n) is 6.36. The van der Waals surface area contributed by atoms with Crippen molar-refractivity contribution >= 4 is 21.9 Å². The molecule has 5 heteroatoms. The SMILES string of the molecule is CC(=O)OCC1Cc2c(-c3cc(C)ccn3)cccc2-c2c(O)ccc(-c3ccc(Br)cc3)c21. The number of rotatable bonds is 4. The van der Waals surface area contributed by atoms with E-state index < -0.39 is 0 Å². The number of hydrogen-bond acceptors (Lipinski definition) is 4. The van der Waals surface area contributed by atoms with Crippen LogP contribution in [0.3, 0.4) is 0 Å². The molecule has 5 rings (SSSR count). The minimum Gasteiger partial charge on any atom is -0.507 e. The van der Waals surface area contributed by atoms with Crippen molar-refractivity contribution < 1.29 is 14.6 Å². The first-order valence-electron chi connectivity index (χ1n) is 11.2. The molecule has 1 unspecified atom stereocenters. The van der Waals surface area contributed by atoms with E-state index in [9.17, 15) is 9.90 Å². The van der Waals surface area contributed by atoms with E-state index in [-0.39, 0.29) is 24.2 Å². The number of aromatic nitrogens is 1. The Morgan fingerprint density at radius 2 is 1.82 bits per heavy atom. The first-order valence-corrected chi connectivity index (χ1v) is 12.0. The summed E-state index contributed by atoms with van der Waals surface area (Å²) in [4.78, 5) is 16.4. The summed E-state index contributed by atoms with van der Waals surface area (Å²) in [5.74, 6) is -0.201. The van der Waals surface area contributed by atoms with E-state index in [0.717, 1.165) is 54.7 Å². The van der Waals surface area contributed by atoms with Crippen LogP contribution in [-0.2, 0) is 16.0 Å². The standard InChI is InChI=1S/C29H24BrNO3/c1-17-12-13-31-26(14-17)23-4-3-5-24-25(23)15-20(16-34-18(2)32)28-22(10-11-27(33)29(24)28)19-6-8-21(30)9-7-19/h3-14,20,33H,15-16H2,1-2H3.